The van der Waals surface area contributed by atoms with Gasteiger partial charge in [0.05, 0.1) is 35.1 Å². The normalized spacial score (nSPS) is 15.8. The number of hydrogen-bond acceptors (Lipinski definition) is 3. The van der Waals surface area contributed by atoms with Crippen molar-refractivity contribution >= 4 is 16.8 Å². The second-order valence-electron chi connectivity index (χ2n) is 7.14. The van der Waals surface area contributed by atoms with E-state index >= 15 is 0 Å². The average Bonchev–Trinajstić information content (AvgIpc) is 3.08. The number of aliphatic hydroxyl groups excluding tert-OH is 1. The first-order valence-corrected chi connectivity index (χ1v) is 9.07. The molecular formula is C20H24N4O2. The number of nitrogens with zero attached hydrogens (tertiary/aromatic N) is 3. The lowest BCUT2D eigenvalue weighted by atomic mass is 10.1. The molecule has 2 N–H and O–H groups in total. The molecule has 4 rings (SSSR count). The van der Waals surface area contributed by atoms with Gasteiger partial charge in [0.1, 0.15) is 0 Å². The van der Waals surface area contributed by atoms with Crippen LogP contribution in [0, 0.1) is 13.8 Å². The second-order valence-corrected chi connectivity index (χ2v) is 7.14. The van der Waals surface area contributed by atoms with Crippen LogP contribution in [0.4, 0.5) is 0 Å². The number of carbonyl (C=O) groups is 1. The number of fused-ring (bicyclic) bond motifs is 2. The molecule has 0 bridgehead atoms. The third-order valence-corrected chi connectivity index (χ3v) is 5.32. The third kappa shape index (κ3) is 2.70. The van der Waals surface area contributed by atoms with Gasteiger partial charge >= 0.3 is 0 Å². The quantitative estimate of drug-likeness (QED) is 0.744. The molecule has 0 radical (unpaired) electrons. The van der Waals surface area contributed by atoms with Crippen molar-refractivity contribution in [2.75, 3.05) is 6.54 Å². The minimum atomic E-state index is -0.600. The van der Waals surface area contributed by atoms with Crippen LogP contribution in [0.5, 0.6) is 0 Å². The highest BCUT2D eigenvalue weighted by atomic mass is 16.3. The Morgan fingerprint density at radius 3 is 2.88 bits per heavy atom. The summed E-state index contributed by atoms with van der Waals surface area (Å²) in [5.74, 6) is 0.0325. The summed E-state index contributed by atoms with van der Waals surface area (Å²) in [6.07, 6.45) is 0.246. The van der Waals surface area contributed by atoms with E-state index in [0.29, 0.717) is 24.3 Å². The maximum absolute atomic E-state index is 13.3. The minimum Gasteiger partial charge on any atom is -0.387 e. The van der Waals surface area contributed by atoms with Gasteiger partial charge in [0.25, 0.3) is 5.91 Å². The molecular weight excluding hydrogens is 328 g/mol. The van der Waals surface area contributed by atoms with Crippen molar-refractivity contribution in [1.82, 2.24) is 19.7 Å². The van der Waals surface area contributed by atoms with Crippen molar-refractivity contribution in [3.05, 3.63) is 52.5 Å². The smallest absolute Gasteiger partial charge is 0.256 e. The van der Waals surface area contributed by atoms with Crippen LogP contribution in [0.3, 0.4) is 0 Å². The number of amides is 1. The first-order valence-electron chi connectivity index (χ1n) is 9.07. The Kier molecular flexibility index (Phi) is 4.07. The molecule has 2 aromatic heterocycles. The van der Waals surface area contributed by atoms with Crippen LogP contribution >= 0.6 is 0 Å². The zero-order chi connectivity index (χ0) is 18.4. The Bertz CT molecular complexity index is 983. The van der Waals surface area contributed by atoms with Crippen LogP contribution in [0.25, 0.3) is 10.9 Å². The summed E-state index contributed by atoms with van der Waals surface area (Å²) in [5, 5.41) is 15.3. The van der Waals surface area contributed by atoms with Crippen molar-refractivity contribution in [3.63, 3.8) is 0 Å². The van der Waals surface area contributed by atoms with E-state index in [1.165, 1.54) is 5.56 Å². The number of aryl methyl sites for hydroxylation is 3. The van der Waals surface area contributed by atoms with Gasteiger partial charge in [-0.2, -0.15) is 5.10 Å². The van der Waals surface area contributed by atoms with Crippen LogP contribution in [0.2, 0.25) is 0 Å². The molecule has 0 fully saturated rings. The van der Waals surface area contributed by atoms with Crippen molar-refractivity contribution < 1.29 is 9.90 Å². The van der Waals surface area contributed by atoms with Crippen molar-refractivity contribution in [3.8, 4) is 0 Å². The van der Waals surface area contributed by atoms with Crippen molar-refractivity contribution in [2.45, 2.75) is 46.4 Å². The summed E-state index contributed by atoms with van der Waals surface area (Å²) in [5.41, 5.74) is 5.53. The summed E-state index contributed by atoms with van der Waals surface area (Å²) in [6, 6.07) is 7.80. The summed E-state index contributed by atoms with van der Waals surface area (Å²) in [6.45, 7) is 7.78. The van der Waals surface area contributed by atoms with Gasteiger partial charge in [-0.25, -0.2) is 0 Å². The number of para-hydroxylation sites is 1. The Balaban J connectivity index is 1.69. The molecule has 3 aromatic rings. The fourth-order valence-corrected chi connectivity index (χ4v) is 3.69. The molecule has 3 heterocycles. The molecule has 0 spiro atoms. The number of rotatable bonds is 2. The molecule has 1 amide bonds. The Labute approximate surface area is 152 Å². The average molecular weight is 352 g/mol. The number of H-pyrrole nitrogens is 1. The Hall–Kier alpha value is -2.60. The van der Waals surface area contributed by atoms with Crippen molar-refractivity contribution in [2.24, 2.45) is 0 Å². The van der Waals surface area contributed by atoms with Gasteiger partial charge in [-0.1, -0.05) is 12.1 Å². The standard InChI is InChI=1S/C20H24N4O2/c1-12-13(2)21-19-16(12)6-4-7-17(19)20(26)23-8-5-9-24-15(11-23)10-18(22-24)14(3)25/h4,6-7,10,14,21,25H,5,8-9,11H2,1-3H3. The maximum Gasteiger partial charge on any atom is 0.256 e. The lowest BCUT2D eigenvalue weighted by molar-refractivity contribution is 0.0747. The second kappa shape index (κ2) is 6.29. The fraction of sp³-hybridized carbons (Fsp3) is 0.400. The SMILES string of the molecule is Cc1[nH]c2c(C(=O)N3CCCn4nc(C(C)O)cc4C3)cccc2c1C. The summed E-state index contributed by atoms with van der Waals surface area (Å²) < 4.78 is 1.92. The minimum absolute atomic E-state index is 0.0325. The topological polar surface area (TPSA) is 74.2 Å². The first-order chi connectivity index (χ1) is 12.5. The number of benzene rings is 1. The van der Waals surface area contributed by atoms with Gasteiger partial charge in [-0.05, 0) is 44.9 Å². The van der Waals surface area contributed by atoms with E-state index in [-0.39, 0.29) is 5.91 Å². The van der Waals surface area contributed by atoms with E-state index in [0.717, 1.165) is 35.3 Å². The third-order valence-electron chi connectivity index (χ3n) is 5.32. The molecule has 26 heavy (non-hydrogen) atoms. The van der Waals surface area contributed by atoms with E-state index in [2.05, 4.69) is 23.1 Å². The molecule has 0 aliphatic carbocycles. The molecule has 6 nitrogen and oxygen atoms in total. The highest BCUT2D eigenvalue weighted by Gasteiger charge is 2.24. The molecule has 0 saturated carbocycles. The molecule has 1 aliphatic heterocycles. The van der Waals surface area contributed by atoms with Gasteiger partial charge in [0.2, 0.25) is 0 Å². The zero-order valence-corrected chi connectivity index (χ0v) is 15.4. The predicted octanol–water partition coefficient (Wildman–Crippen LogP) is 3.08. The summed E-state index contributed by atoms with van der Waals surface area (Å²) in [4.78, 5) is 18.5. The Morgan fingerprint density at radius 1 is 1.31 bits per heavy atom. The monoisotopic (exact) mass is 352 g/mol. The highest BCUT2D eigenvalue weighted by Crippen LogP contribution is 2.26. The summed E-state index contributed by atoms with van der Waals surface area (Å²) in [7, 11) is 0. The van der Waals surface area contributed by atoms with Gasteiger partial charge in [0, 0.05) is 24.2 Å². The number of hydrogen-bond donors (Lipinski definition) is 2. The van der Waals surface area contributed by atoms with Crippen LogP contribution in [0.15, 0.2) is 24.3 Å². The zero-order valence-electron chi connectivity index (χ0n) is 15.4. The molecule has 1 atom stereocenters. The number of carbonyl (C=O) groups excluding carboxylic acids is 1. The molecule has 136 valence electrons. The summed E-state index contributed by atoms with van der Waals surface area (Å²) >= 11 is 0. The Morgan fingerprint density at radius 2 is 2.12 bits per heavy atom. The van der Waals surface area contributed by atoms with E-state index in [1.54, 1.807) is 6.92 Å². The number of nitrogens with one attached hydrogen (secondary N) is 1. The first kappa shape index (κ1) is 16.8. The van der Waals surface area contributed by atoms with Crippen LogP contribution in [-0.4, -0.2) is 37.2 Å². The lowest BCUT2D eigenvalue weighted by Crippen LogP contribution is -2.30. The van der Waals surface area contributed by atoms with Crippen LogP contribution in [-0.2, 0) is 13.1 Å². The van der Waals surface area contributed by atoms with E-state index in [1.807, 2.05) is 34.7 Å². The fourth-order valence-electron chi connectivity index (χ4n) is 3.69. The molecule has 1 aliphatic rings. The number of aliphatic hydroxyl groups is 1. The van der Waals surface area contributed by atoms with Crippen LogP contribution < -0.4 is 0 Å². The van der Waals surface area contributed by atoms with Gasteiger partial charge in [0.15, 0.2) is 0 Å². The van der Waals surface area contributed by atoms with Gasteiger partial charge < -0.3 is 15.0 Å². The predicted molar refractivity (Wildman–Crippen MR) is 100.0 cm³/mol. The maximum atomic E-state index is 13.3. The van der Waals surface area contributed by atoms with E-state index in [4.69, 9.17) is 0 Å². The van der Waals surface area contributed by atoms with Gasteiger partial charge in [-0.15, -0.1) is 0 Å². The van der Waals surface area contributed by atoms with E-state index < -0.39 is 6.10 Å². The lowest BCUT2D eigenvalue weighted by Gasteiger charge is -2.20. The number of aromatic nitrogens is 3. The van der Waals surface area contributed by atoms with Crippen molar-refractivity contribution in [1.29, 1.82) is 0 Å². The highest BCUT2D eigenvalue weighted by molar-refractivity contribution is 6.06. The molecule has 1 unspecified atom stereocenters. The van der Waals surface area contributed by atoms with E-state index in [9.17, 15) is 9.90 Å². The molecule has 1 aromatic carbocycles. The van der Waals surface area contributed by atoms with Crippen LogP contribution in [0.1, 0.15) is 52.5 Å². The molecule has 0 saturated heterocycles. The van der Waals surface area contributed by atoms with Gasteiger partial charge in [-0.3, -0.25) is 9.48 Å². The largest absolute Gasteiger partial charge is 0.387 e. The molecule has 6 heteroatoms. The number of aromatic amines is 1.